The maximum atomic E-state index is 12.4. The number of fused-ring (bicyclic) bond motifs is 5. The Labute approximate surface area is 202 Å². The highest BCUT2D eigenvalue weighted by Gasteiger charge is 2.29. The topological polar surface area (TPSA) is 43.7 Å². The van der Waals surface area contributed by atoms with Gasteiger partial charge in [-0.2, -0.15) is 0 Å². The quantitative estimate of drug-likeness (QED) is 0.354. The molecule has 1 aliphatic carbocycles. The highest BCUT2D eigenvalue weighted by Crippen LogP contribution is 2.47. The highest BCUT2D eigenvalue weighted by molar-refractivity contribution is 5.99. The highest BCUT2D eigenvalue weighted by atomic mass is 16.5. The number of hydrogen-bond acceptors (Lipinski definition) is 4. The smallest absolute Gasteiger partial charge is 0.337 e. The molecule has 2 aromatic carbocycles. The monoisotopic (exact) mass is 458 g/mol. The maximum absolute atomic E-state index is 12.4. The molecule has 0 bridgehead atoms. The second-order valence-electron chi connectivity index (χ2n) is 9.82. The molecule has 0 amide bonds. The first kappa shape index (κ1) is 22.7. The van der Waals surface area contributed by atoms with Crippen molar-refractivity contribution in [2.75, 3.05) is 34.4 Å². The third-order valence-electron chi connectivity index (χ3n) is 7.20. The van der Waals surface area contributed by atoms with E-state index in [2.05, 4.69) is 53.9 Å². The number of likely N-dealkylation sites (N-methyl/N-ethyl adjacent to an activating group) is 1. The zero-order valence-corrected chi connectivity index (χ0v) is 20.5. The van der Waals surface area contributed by atoms with E-state index in [1.165, 1.54) is 61.4 Å². The van der Waals surface area contributed by atoms with Crippen molar-refractivity contribution in [1.82, 2.24) is 9.47 Å². The Morgan fingerprint density at radius 2 is 1.94 bits per heavy atom. The van der Waals surface area contributed by atoms with E-state index in [1.807, 2.05) is 18.2 Å². The molecule has 0 spiro atoms. The number of rotatable bonds is 4. The number of para-hydroxylation sites is 1. The molecule has 1 fully saturated rings. The SMILES string of the molecule is COC(=O)c1ccc2c(C3CCCCC3)c3n(c2c1)C/C(=C/CN(C)C)COc1ccccc1-3. The molecule has 0 N–H and O–H groups in total. The van der Waals surface area contributed by atoms with Gasteiger partial charge < -0.3 is 18.9 Å². The lowest BCUT2D eigenvalue weighted by Crippen LogP contribution is -2.17. The first-order valence-electron chi connectivity index (χ1n) is 12.4. The number of carbonyl (C=O) groups is 1. The summed E-state index contributed by atoms with van der Waals surface area (Å²) < 4.78 is 13.9. The molecule has 5 nitrogen and oxygen atoms in total. The van der Waals surface area contributed by atoms with Crippen LogP contribution in [-0.4, -0.2) is 49.8 Å². The van der Waals surface area contributed by atoms with Gasteiger partial charge in [0.1, 0.15) is 12.4 Å². The third-order valence-corrected chi connectivity index (χ3v) is 7.20. The van der Waals surface area contributed by atoms with E-state index in [-0.39, 0.29) is 5.97 Å². The minimum Gasteiger partial charge on any atom is -0.488 e. The fourth-order valence-corrected chi connectivity index (χ4v) is 5.52. The van der Waals surface area contributed by atoms with Crippen LogP contribution in [0.15, 0.2) is 54.1 Å². The molecule has 0 atom stereocenters. The van der Waals surface area contributed by atoms with Gasteiger partial charge in [-0.1, -0.05) is 43.5 Å². The summed E-state index contributed by atoms with van der Waals surface area (Å²) in [6, 6.07) is 14.5. The van der Waals surface area contributed by atoms with Crippen LogP contribution < -0.4 is 4.74 Å². The molecule has 1 aliphatic heterocycles. The molecule has 0 radical (unpaired) electrons. The molecule has 5 heteroatoms. The number of carbonyl (C=O) groups excluding carboxylic acids is 1. The summed E-state index contributed by atoms with van der Waals surface area (Å²) in [5.41, 5.74) is 6.73. The number of hydrogen-bond donors (Lipinski definition) is 0. The van der Waals surface area contributed by atoms with Crippen molar-refractivity contribution in [3.8, 4) is 17.0 Å². The van der Waals surface area contributed by atoms with Crippen molar-refractivity contribution in [2.45, 2.75) is 44.6 Å². The van der Waals surface area contributed by atoms with Crippen molar-refractivity contribution in [3.63, 3.8) is 0 Å². The molecule has 3 aromatic rings. The molecule has 2 aliphatic rings. The van der Waals surface area contributed by atoms with Crippen LogP contribution in [0, 0.1) is 0 Å². The summed E-state index contributed by atoms with van der Waals surface area (Å²) in [6.45, 7) is 2.16. The van der Waals surface area contributed by atoms with Gasteiger partial charge >= 0.3 is 5.97 Å². The number of aromatic nitrogens is 1. The average molecular weight is 459 g/mol. The van der Waals surface area contributed by atoms with Crippen LogP contribution >= 0.6 is 0 Å². The van der Waals surface area contributed by atoms with Crippen molar-refractivity contribution in [2.24, 2.45) is 0 Å². The van der Waals surface area contributed by atoms with Gasteiger partial charge in [0, 0.05) is 29.6 Å². The van der Waals surface area contributed by atoms with E-state index in [9.17, 15) is 4.79 Å². The number of benzene rings is 2. The van der Waals surface area contributed by atoms with Gasteiger partial charge in [-0.15, -0.1) is 0 Å². The standard InChI is InChI=1S/C29H34N2O3/c1-30(2)16-15-20-18-31-25-17-22(29(32)33-3)13-14-23(25)27(21-9-5-4-6-10-21)28(31)24-11-7-8-12-26(24)34-19-20/h7-8,11-15,17,21H,4-6,9-10,16,18-19H2,1-3H3/b20-15-. The van der Waals surface area contributed by atoms with Gasteiger partial charge in [0.15, 0.2) is 0 Å². The molecule has 178 valence electrons. The fraction of sp³-hybridized carbons (Fsp3) is 0.414. The van der Waals surface area contributed by atoms with E-state index < -0.39 is 0 Å². The van der Waals surface area contributed by atoms with Gasteiger partial charge in [0.2, 0.25) is 0 Å². The van der Waals surface area contributed by atoms with E-state index in [0.717, 1.165) is 29.9 Å². The fourth-order valence-electron chi connectivity index (χ4n) is 5.52. The summed E-state index contributed by atoms with van der Waals surface area (Å²) in [4.78, 5) is 14.6. The molecular weight excluding hydrogens is 424 g/mol. The zero-order chi connectivity index (χ0) is 23.7. The van der Waals surface area contributed by atoms with E-state index in [4.69, 9.17) is 9.47 Å². The third kappa shape index (κ3) is 4.25. The summed E-state index contributed by atoms with van der Waals surface area (Å²) >= 11 is 0. The first-order valence-corrected chi connectivity index (χ1v) is 12.4. The minimum atomic E-state index is -0.297. The van der Waals surface area contributed by atoms with E-state index in [0.29, 0.717) is 18.1 Å². The van der Waals surface area contributed by atoms with Crippen molar-refractivity contribution < 1.29 is 14.3 Å². The lowest BCUT2D eigenvalue weighted by atomic mass is 9.81. The minimum absolute atomic E-state index is 0.297. The second-order valence-corrected chi connectivity index (χ2v) is 9.82. The molecule has 0 saturated heterocycles. The van der Waals surface area contributed by atoms with Crippen LogP contribution in [0.4, 0.5) is 0 Å². The molecular formula is C29H34N2O3. The molecule has 1 aromatic heterocycles. The summed E-state index contributed by atoms with van der Waals surface area (Å²) in [6.07, 6.45) is 8.53. The number of esters is 1. The van der Waals surface area contributed by atoms with E-state index in [1.54, 1.807) is 0 Å². The number of nitrogens with zero attached hydrogens (tertiary/aromatic N) is 2. The zero-order valence-electron chi connectivity index (χ0n) is 20.5. The van der Waals surface area contributed by atoms with Crippen LogP contribution in [0.2, 0.25) is 0 Å². The van der Waals surface area contributed by atoms with Gasteiger partial charge in [0.05, 0.1) is 18.4 Å². The van der Waals surface area contributed by atoms with Gasteiger partial charge in [-0.05, 0) is 68.3 Å². The van der Waals surface area contributed by atoms with Crippen LogP contribution in [0.3, 0.4) is 0 Å². The molecule has 1 saturated carbocycles. The van der Waals surface area contributed by atoms with Crippen molar-refractivity contribution in [1.29, 1.82) is 0 Å². The van der Waals surface area contributed by atoms with Crippen LogP contribution in [0.1, 0.15) is 53.9 Å². The summed E-state index contributed by atoms with van der Waals surface area (Å²) in [5, 5.41) is 1.25. The first-order chi connectivity index (χ1) is 16.6. The Kier molecular flexibility index (Phi) is 6.46. The maximum Gasteiger partial charge on any atom is 0.337 e. The molecule has 0 unspecified atom stereocenters. The Morgan fingerprint density at radius 1 is 1.15 bits per heavy atom. The van der Waals surface area contributed by atoms with Crippen molar-refractivity contribution in [3.05, 3.63) is 65.2 Å². The molecule has 2 heterocycles. The molecule has 34 heavy (non-hydrogen) atoms. The predicted octanol–water partition coefficient (Wildman–Crippen LogP) is 6.02. The largest absolute Gasteiger partial charge is 0.488 e. The van der Waals surface area contributed by atoms with E-state index >= 15 is 0 Å². The Bertz CT molecular complexity index is 1230. The number of methoxy groups -OCH3 is 1. The van der Waals surface area contributed by atoms with Crippen LogP contribution in [-0.2, 0) is 11.3 Å². The second kappa shape index (κ2) is 9.67. The lowest BCUT2D eigenvalue weighted by Gasteiger charge is -2.26. The Balaban J connectivity index is 1.79. The predicted molar refractivity (Wildman–Crippen MR) is 137 cm³/mol. The van der Waals surface area contributed by atoms with Crippen LogP contribution in [0.5, 0.6) is 5.75 Å². The Hall–Kier alpha value is -3.05. The average Bonchev–Trinajstić information content (AvgIpc) is 3.17. The van der Waals surface area contributed by atoms with Crippen LogP contribution in [0.25, 0.3) is 22.2 Å². The summed E-state index contributed by atoms with van der Waals surface area (Å²) in [7, 11) is 5.60. The van der Waals surface area contributed by atoms with Gasteiger partial charge in [0.25, 0.3) is 0 Å². The normalized spacial score (nSPS) is 17.7. The number of ether oxygens (including phenoxy) is 2. The lowest BCUT2D eigenvalue weighted by molar-refractivity contribution is 0.0601. The van der Waals surface area contributed by atoms with Gasteiger partial charge in [-0.3, -0.25) is 0 Å². The van der Waals surface area contributed by atoms with Gasteiger partial charge in [-0.25, -0.2) is 4.79 Å². The molecule has 5 rings (SSSR count). The Morgan fingerprint density at radius 3 is 2.71 bits per heavy atom. The van der Waals surface area contributed by atoms with Crippen molar-refractivity contribution >= 4 is 16.9 Å². The summed E-state index contributed by atoms with van der Waals surface area (Å²) in [5.74, 6) is 1.14.